The highest BCUT2D eigenvalue weighted by molar-refractivity contribution is 7.89. The SMILES string of the molecule is CC(CCN)c1nc2ccccc2c2c1ncn2CCCCNS(=O)(=O)c1cccc2cnccc12. The van der Waals surface area contributed by atoms with Crippen LogP contribution in [0.1, 0.15) is 37.8 Å². The molecule has 8 nitrogen and oxygen atoms in total. The Morgan fingerprint density at radius 3 is 2.78 bits per heavy atom. The number of hydrogen-bond acceptors (Lipinski definition) is 6. The lowest BCUT2D eigenvalue weighted by Crippen LogP contribution is -2.25. The Morgan fingerprint density at radius 1 is 1.06 bits per heavy atom. The molecule has 3 aromatic heterocycles. The van der Waals surface area contributed by atoms with Crippen molar-refractivity contribution in [2.24, 2.45) is 5.73 Å². The number of hydrogen-bond donors (Lipinski definition) is 2. The first-order valence-electron chi connectivity index (χ1n) is 12.3. The van der Waals surface area contributed by atoms with E-state index in [2.05, 4.69) is 27.3 Å². The standard InChI is InChI=1S/C27H30N6O2S/c1-19(11-13-28)25-26-27(22-8-2-3-9-23(22)32-25)33(18-30-26)16-5-4-14-31-36(34,35)24-10-6-7-20-17-29-15-12-21(20)24/h2-3,6-10,12,15,17-19,31H,4-5,11,13-14,16,28H2,1H3. The number of para-hydroxylation sites is 1. The highest BCUT2D eigenvalue weighted by atomic mass is 32.2. The molecule has 3 heterocycles. The minimum absolute atomic E-state index is 0.213. The molecule has 0 fully saturated rings. The first-order valence-corrected chi connectivity index (χ1v) is 13.7. The maximum atomic E-state index is 13.0. The number of rotatable bonds is 10. The molecule has 186 valence electrons. The van der Waals surface area contributed by atoms with E-state index in [1.54, 1.807) is 30.6 Å². The highest BCUT2D eigenvalue weighted by Gasteiger charge is 2.19. The maximum Gasteiger partial charge on any atom is 0.241 e. The fourth-order valence-electron chi connectivity index (χ4n) is 4.72. The van der Waals surface area contributed by atoms with Gasteiger partial charge in [0.1, 0.15) is 5.52 Å². The van der Waals surface area contributed by atoms with Crippen LogP contribution in [0.15, 0.2) is 72.1 Å². The fourth-order valence-corrected chi connectivity index (χ4v) is 6.03. The first-order chi connectivity index (χ1) is 17.5. The number of pyridine rings is 2. The third-order valence-electron chi connectivity index (χ3n) is 6.60. The van der Waals surface area contributed by atoms with E-state index in [1.165, 1.54) is 0 Å². The molecule has 0 aliphatic carbocycles. The molecule has 0 saturated heterocycles. The predicted octanol–water partition coefficient (Wildman–Crippen LogP) is 4.34. The second-order valence-corrected chi connectivity index (χ2v) is 10.8. The minimum atomic E-state index is -3.62. The van der Waals surface area contributed by atoms with Crippen molar-refractivity contribution in [1.82, 2.24) is 24.2 Å². The zero-order valence-electron chi connectivity index (χ0n) is 20.3. The molecule has 0 aliphatic rings. The van der Waals surface area contributed by atoms with Gasteiger partial charge < -0.3 is 10.3 Å². The topological polar surface area (TPSA) is 116 Å². The van der Waals surface area contributed by atoms with Gasteiger partial charge in [-0.1, -0.05) is 37.3 Å². The maximum absolute atomic E-state index is 13.0. The number of imidazole rings is 1. The molecule has 0 amide bonds. The van der Waals surface area contributed by atoms with Crippen molar-refractivity contribution in [3.63, 3.8) is 0 Å². The van der Waals surface area contributed by atoms with Crippen LogP contribution in [0.3, 0.4) is 0 Å². The van der Waals surface area contributed by atoms with Gasteiger partial charge in [0.15, 0.2) is 0 Å². The first kappa shape index (κ1) is 24.3. The summed E-state index contributed by atoms with van der Waals surface area (Å²) in [6.45, 7) is 3.83. The Labute approximate surface area is 210 Å². The Bertz CT molecular complexity index is 1620. The van der Waals surface area contributed by atoms with E-state index in [0.717, 1.165) is 52.4 Å². The van der Waals surface area contributed by atoms with E-state index in [0.29, 0.717) is 24.9 Å². The second kappa shape index (κ2) is 10.3. The number of nitrogens with two attached hydrogens (primary N) is 1. The quantitative estimate of drug-likeness (QED) is 0.274. The number of nitrogens with one attached hydrogen (secondary N) is 1. The minimum Gasteiger partial charge on any atom is -0.330 e. The number of nitrogens with zero attached hydrogens (tertiary/aromatic N) is 4. The number of aromatic nitrogens is 4. The van der Waals surface area contributed by atoms with Gasteiger partial charge in [0, 0.05) is 47.6 Å². The van der Waals surface area contributed by atoms with Crippen LogP contribution in [0.4, 0.5) is 0 Å². The van der Waals surface area contributed by atoms with Crippen LogP contribution < -0.4 is 10.5 Å². The number of unbranched alkanes of at least 4 members (excludes halogenated alkanes) is 1. The van der Waals surface area contributed by atoms with Gasteiger partial charge in [0.2, 0.25) is 10.0 Å². The van der Waals surface area contributed by atoms with Crippen LogP contribution in [0.2, 0.25) is 0 Å². The Hall–Kier alpha value is -3.40. The van der Waals surface area contributed by atoms with Crippen molar-refractivity contribution in [2.45, 2.75) is 43.5 Å². The molecular formula is C27H30N6O2S. The van der Waals surface area contributed by atoms with Crippen molar-refractivity contribution in [2.75, 3.05) is 13.1 Å². The van der Waals surface area contributed by atoms with Crippen LogP contribution in [-0.2, 0) is 16.6 Å². The molecular weight excluding hydrogens is 472 g/mol. The summed E-state index contributed by atoms with van der Waals surface area (Å²) in [5, 5.41) is 2.54. The summed E-state index contributed by atoms with van der Waals surface area (Å²) in [7, 11) is -3.62. The normalized spacial score (nSPS) is 13.1. The lowest BCUT2D eigenvalue weighted by atomic mass is 10.0. The zero-order chi connectivity index (χ0) is 25.1. The van der Waals surface area contributed by atoms with Gasteiger partial charge >= 0.3 is 0 Å². The average Bonchev–Trinajstić information content (AvgIpc) is 3.32. The summed E-state index contributed by atoms with van der Waals surface area (Å²) < 4.78 is 30.8. The molecule has 5 rings (SSSR count). The van der Waals surface area contributed by atoms with Crippen LogP contribution in [0.5, 0.6) is 0 Å². The summed E-state index contributed by atoms with van der Waals surface area (Å²) in [5.41, 5.74) is 9.73. The smallest absolute Gasteiger partial charge is 0.241 e. The van der Waals surface area contributed by atoms with Gasteiger partial charge in [-0.15, -0.1) is 0 Å². The van der Waals surface area contributed by atoms with E-state index in [-0.39, 0.29) is 10.8 Å². The largest absolute Gasteiger partial charge is 0.330 e. The number of benzene rings is 2. The molecule has 0 bridgehead atoms. The van der Waals surface area contributed by atoms with E-state index < -0.39 is 10.0 Å². The van der Waals surface area contributed by atoms with Crippen LogP contribution in [-0.4, -0.2) is 41.0 Å². The van der Waals surface area contributed by atoms with Crippen molar-refractivity contribution in [3.05, 3.63) is 72.9 Å². The zero-order valence-corrected chi connectivity index (χ0v) is 21.1. The van der Waals surface area contributed by atoms with Crippen LogP contribution >= 0.6 is 0 Å². The number of aryl methyl sites for hydroxylation is 1. The van der Waals surface area contributed by atoms with Crippen molar-refractivity contribution >= 4 is 42.7 Å². The van der Waals surface area contributed by atoms with Gasteiger partial charge in [0.25, 0.3) is 0 Å². The van der Waals surface area contributed by atoms with Crippen molar-refractivity contribution < 1.29 is 8.42 Å². The molecule has 0 spiro atoms. The third-order valence-corrected chi connectivity index (χ3v) is 8.11. The Balaban J connectivity index is 1.30. The average molecular weight is 503 g/mol. The molecule has 0 aliphatic heterocycles. The number of fused-ring (bicyclic) bond motifs is 4. The van der Waals surface area contributed by atoms with Crippen molar-refractivity contribution in [3.8, 4) is 0 Å². The van der Waals surface area contributed by atoms with E-state index in [4.69, 9.17) is 15.7 Å². The summed E-state index contributed by atoms with van der Waals surface area (Å²) in [5.74, 6) is 0.213. The molecule has 36 heavy (non-hydrogen) atoms. The van der Waals surface area contributed by atoms with Gasteiger partial charge in [-0.2, -0.15) is 0 Å². The molecule has 5 aromatic rings. The lowest BCUT2D eigenvalue weighted by molar-refractivity contribution is 0.569. The molecule has 0 saturated carbocycles. The molecule has 0 radical (unpaired) electrons. The molecule has 2 aromatic carbocycles. The molecule has 9 heteroatoms. The van der Waals surface area contributed by atoms with Crippen LogP contribution in [0, 0.1) is 0 Å². The summed E-state index contributed by atoms with van der Waals surface area (Å²) in [6.07, 6.45) is 7.50. The molecule has 1 unspecified atom stereocenters. The third kappa shape index (κ3) is 4.69. The van der Waals surface area contributed by atoms with Crippen LogP contribution in [0.25, 0.3) is 32.7 Å². The predicted molar refractivity (Wildman–Crippen MR) is 143 cm³/mol. The second-order valence-electron chi connectivity index (χ2n) is 9.09. The van der Waals surface area contributed by atoms with Gasteiger partial charge in [-0.3, -0.25) is 9.97 Å². The van der Waals surface area contributed by atoms with E-state index >= 15 is 0 Å². The monoisotopic (exact) mass is 502 g/mol. The summed E-state index contributed by atoms with van der Waals surface area (Å²) >= 11 is 0. The summed E-state index contributed by atoms with van der Waals surface area (Å²) in [6, 6.07) is 15.1. The van der Waals surface area contributed by atoms with Gasteiger partial charge in [-0.05, 0) is 44.0 Å². The van der Waals surface area contributed by atoms with Crippen molar-refractivity contribution in [1.29, 1.82) is 0 Å². The van der Waals surface area contributed by atoms with E-state index in [1.807, 2.05) is 30.6 Å². The Morgan fingerprint density at radius 2 is 1.92 bits per heavy atom. The summed E-state index contributed by atoms with van der Waals surface area (Å²) in [4.78, 5) is 14.0. The van der Waals surface area contributed by atoms with Gasteiger partial charge in [0.05, 0.1) is 28.0 Å². The lowest BCUT2D eigenvalue weighted by Gasteiger charge is -2.13. The Kier molecular flexibility index (Phi) is 6.95. The highest BCUT2D eigenvalue weighted by Crippen LogP contribution is 2.31. The van der Waals surface area contributed by atoms with Gasteiger partial charge in [-0.25, -0.2) is 18.1 Å². The fraction of sp³-hybridized carbons (Fsp3) is 0.296. The van der Waals surface area contributed by atoms with E-state index in [9.17, 15) is 8.42 Å². The molecule has 3 N–H and O–H groups in total. The number of sulfonamides is 1. The molecule has 1 atom stereocenters.